The van der Waals surface area contributed by atoms with Crippen molar-refractivity contribution in [1.82, 2.24) is 4.31 Å². The second kappa shape index (κ2) is 5.22. The van der Waals surface area contributed by atoms with Crippen molar-refractivity contribution in [3.8, 4) is 0 Å². The van der Waals surface area contributed by atoms with Crippen LogP contribution in [-0.2, 0) is 10.0 Å². The Morgan fingerprint density at radius 3 is 2.56 bits per heavy atom. The van der Waals surface area contributed by atoms with Gasteiger partial charge >= 0.3 is 0 Å². The predicted molar refractivity (Wildman–Crippen MR) is 70.7 cm³/mol. The van der Waals surface area contributed by atoms with Gasteiger partial charge in [-0.2, -0.15) is 4.31 Å². The molecular weight excluding hydrogens is 312 g/mol. The molecule has 0 radical (unpaired) electrons. The predicted octanol–water partition coefficient (Wildman–Crippen LogP) is 1.36. The summed E-state index contributed by atoms with van der Waals surface area (Å²) in [6, 6.07) is 6.60. The lowest BCUT2D eigenvalue weighted by Crippen LogP contribution is -2.34. The summed E-state index contributed by atoms with van der Waals surface area (Å²) >= 11 is 7.88. The zero-order valence-electron chi connectivity index (χ0n) is 8.55. The molecule has 1 aromatic carbocycles. The van der Waals surface area contributed by atoms with Gasteiger partial charge in [0.2, 0.25) is 10.0 Å². The van der Waals surface area contributed by atoms with Crippen molar-refractivity contribution in [1.29, 1.82) is 0 Å². The van der Waals surface area contributed by atoms with Gasteiger partial charge in [0.05, 0.1) is 16.4 Å². The number of likely N-dealkylation sites (N-methyl/N-ethyl adjacent to an activating group) is 1. The number of sulfonamides is 1. The molecule has 0 bridgehead atoms. The molecule has 88 valence electrons. The van der Waals surface area contributed by atoms with Crippen LogP contribution in [0.3, 0.4) is 0 Å². The molecule has 0 heterocycles. The van der Waals surface area contributed by atoms with Crippen LogP contribution in [0.4, 0.5) is 0 Å². The van der Waals surface area contributed by atoms with E-state index in [1.807, 2.05) is 0 Å². The van der Waals surface area contributed by atoms with Gasteiger partial charge in [-0.05, 0) is 28.1 Å². The van der Waals surface area contributed by atoms with E-state index < -0.39 is 10.0 Å². The number of thiocarbonyl (C=S) groups is 1. The topological polar surface area (TPSA) is 63.4 Å². The van der Waals surface area contributed by atoms with Crippen molar-refractivity contribution < 1.29 is 8.42 Å². The standard InChI is InChI=1S/C9H11BrN2O2S2/c1-12(6-9(11)15)16(13,14)8-5-3-2-4-7(8)10/h2-5H,6H2,1H3,(H2,11,15). The maximum Gasteiger partial charge on any atom is 0.244 e. The van der Waals surface area contributed by atoms with Crippen LogP contribution in [0.15, 0.2) is 33.6 Å². The molecule has 0 fully saturated rings. The molecule has 0 saturated carbocycles. The van der Waals surface area contributed by atoms with Crippen molar-refractivity contribution in [3.63, 3.8) is 0 Å². The van der Waals surface area contributed by atoms with Crippen LogP contribution >= 0.6 is 28.1 Å². The first-order valence-electron chi connectivity index (χ1n) is 4.35. The fourth-order valence-corrected chi connectivity index (χ4v) is 3.51. The second-order valence-electron chi connectivity index (χ2n) is 3.16. The number of nitrogens with zero attached hydrogens (tertiary/aromatic N) is 1. The molecular formula is C9H11BrN2O2S2. The Morgan fingerprint density at radius 2 is 2.06 bits per heavy atom. The number of hydrogen-bond donors (Lipinski definition) is 1. The van der Waals surface area contributed by atoms with E-state index in [9.17, 15) is 8.42 Å². The maximum absolute atomic E-state index is 12.1. The lowest BCUT2D eigenvalue weighted by atomic mass is 10.4. The molecule has 0 saturated heterocycles. The van der Waals surface area contributed by atoms with E-state index in [1.54, 1.807) is 18.2 Å². The van der Waals surface area contributed by atoms with Gasteiger partial charge in [-0.15, -0.1) is 0 Å². The summed E-state index contributed by atoms with van der Waals surface area (Å²) in [6.07, 6.45) is 0. The summed E-state index contributed by atoms with van der Waals surface area (Å²) in [6.45, 7) is 0.0268. The molecule has 1 aromatic rings. The molecule has 0 aliphatic carbocycles. The maximum atomic E-state index is 12.1. The fourth-order valence-electron chi connectivity index (χ4n) is 1.13. The van der Waals surface area contributed by atoms with Crippen LogP contribution in [0.1, 0.15) is 0 Å². The van der Waals surface area contributed by atoms with Crippen LogP contribution in [0.5, 0.6) is 0 Å². The molecule has 7 heteroatoms. The minimum absolute atomic E-state index is 0.0268. The highest BCUT2D eigenvalue weighted by Crippen LogP contribution is 2.23. The molecule has 0 unspecified atom stereocenters. The first kappa shape index (κ1) is 13.6. The lowest BCUT2D eigenvalue weighted by molar-refractivity contribution is 0.505. The van der Waals surface area contributed by atoms with Gasteiger partial charge in [-0.25, -0.2) is 8.42 Å². The first-order chi connectivity index (χ1) is 7.35. The van der Waals surface area contributed by atoms with Crippen molar-refractivity contribution in [2.45, 2.75) is 4.90 Å². The van der Waals surface area contributed by atoms with Gasteiger partial charge < -0.3 is 5.73 Å². The number of nitrogens with two attached hydrogens (primary N) is 1. The van der Waals surface area contributed by atoms with Gasteiger partial charge in [-0.3, -0.25) is 0 Å². The van der Waals surface area contributed by atoms with Gasteiger partial charge in [-0.1, -0.05) is 24.4 Å². The molecule has 4 nitrogen and oxygen atoms in total. The van der Waals surface area contributed by atoms with E-state index >= 15 is 0 Å². The van der Waals surface area contributed by atoms with E-state index in [0.29, 0.717) is 4.47 Å². The summed E-state index contributed by atoms with van der Waals surface area (Å²) in [5.41, 5.74) is 5.32. The van der Waals surface area contributed by atoms with E-state index in [1.165, 1.54) is 13.1 Å². The Bertz CT molecular complexity index is 502. The third-order valence-electron chi connectivity index (χ3n) is 1.90. The number of halogens is 1. The zero-order chi connectivity index (χ0) is 12.3. The molecule has 1 rings (SSSR count). The van der Waals surface area contributed by atoms with Gasteiger partial charge in [0.15, 0.2) is 0 Å². The van der Waals surface area contributed by atoms with Gasteiger partial charge in [0.1, 0.15) is 0 Å². The highest BCUT2D eigenvalue weighted by Gasteiger charge is 2.23. The van der Waals surface area contributed by atoms with Crippen molar-refractivity contribution >= 4 is 43.2 Å². The van der Waals surface area contributed by atoms with Crippen molar-refractivity contribution in [2.24, 2.45) is 5.73 Å². The highest BCUT2D eigenvalue weighted by molar-refractivity contribution is 9.10. The number of benzene rings is 1. The van der Waals surface area contributed by atoms with Crippen LogP contribution in [0.25, 0.3) is 0 Å². The molecule has 0 spiro atoms. The zero-order valence-corrected chi connectivity index (χ0v) is 11.8. The van der Waals surface area contributed by atoms with Crippen molar-refractivity contribution in [2.75, 3.05) is 13.6 Å². The summed E-state index contributed by atoms with van der Waals surface area (Å²) < 4.78 is 25.8. The van der Waals surface area contributed by atoms with E-state index in [-0.39, 0.29) is 16.4 Å². The van der Waals surface area contributed by atoms with Gasteiger partial charge in [0, 0.05) is 11.5 Å². The minimum atomic E-state index is -3.55. The minimum Gasteiger partial charge on any atom is -0.392 e. The number of rotatable bonds is 4. The first-order valence-corrected chi connectivity index (χ1v) is 6.99. The molecule has 0 atom stereocenters. The molecule has 2 N–H and O–H groups in total. The van der Waals surface area contributed by atoms with Gasteiger partial charge in [0.25, 0.3) is 0 Å². The largest absolute Gasteiger partial charge is 0.392 e. The van der Waals surface area contributed by atoms with E-state index in [2.05, 4.69) is 28.1 Å². The average molecular weight is 323 g/mol. The Balaban J connectivity index is 3.12. The van der Waals surface area contributed by atoms with Crippen LogP contribution in [0.2, 0.25) is 0 Å². The fraction of sp³-hybridized carbons (Fsp3) is 0.222. The summed E-state index contributed by atoms with van der Waals surface area (Å²) in [4.78, 5) is 0.340. The lowest BCUT2D eigenvalue weighted by Gasteiger charge is -2.17. The van der Waals surface area contributed by atoms with Crippen LogP contribution in [-0.4, -0.2) is 31.3 Å². The van der Waals surface area contributed by atoms with Crippen LogP contribution < -0.4 is 5.73 Å². The third kappa shape index (κ3) is 3.00. The highest BCUT2D eigenvalue weighted by atomic mass is 79.9. The molecule has 0 amide bonds. The normalized spacial score (nSPS) is 11.7. The Hall–Kier alpha value is -0.500. The smallest absolute Gasteiger partial charge is 0.244 e. The number of hydrogen-bond acceptors (Lipinski definition) is 3. The SMILES string of the molecule is CN(CC(N)=S)S(=O)(=O)c1ccccc1Br. The summed E-state index contributed by atoms with van der Waals surface area (Å²) in [7, 11) is -2.11. The Morgan fingerprint density at radius 1 is 1.50 bits per heavy atom. The summed E-state index contributed by atoms with van der Waals surface area (Å²) in [5, 5.41) is 0. The second-order valence-corrected chi connectivity index (χ2v) is 6.55. The third-order valence-corrected chi connectivity index (χ3v) is 4.85. The Kier molecular flexibility index (Phi) is 4.43. The molecule has 0 aliphatic rings. The quantitative estimate of drug-likeness (QED) is 0.850. The molecule has 0 aliphatic heterocycles. The van der Waals surface area contributed by atoms with Crippen LogP contribution in [0, 0.1) is 0 Å². The average Bonchev–Trinajstić information content (AvgIpc) is 2.16. The van der Waals surface area contributed by atoms with Crippen molar-refractivity contribution in [3.05, 3.63) is 28.7 Å². The summed E-state index contributed by atoms with van der Waals surface area (Å²) in [5.74, 6) is 0. The molecule has 0 aromatic heterocycles. The molecule has 16 heavy (non-hydrogen) atoms. The Labute approximate surface area is 109 Å². The monoisotopic (exact) mass is 322 g/mol. The van der Waals surface area contributed by atoms with E-state index in [4.69, 9.17) is 5.73 Å². The van der Waals surface area contributed by atoms with E-state index in [0.717, 1.165) is 4.31 Å².